The van der Waals surface area contributed by atoms with Crippen molar-refractivity contribution in [3.05, 3.63) is 106 Å². The number of nitrogens with zero attached hydrogens (tertiary/aromatic N) is 3. The van der Waals surface area contributed by atoms with Gasteiger partial charge in [0.25, 0.3) is 10.0 Å². The molecule has 40 heavy (non-hydrogen) atoms. The molecule has 2 aliphatic heterocycles. The predicted octanol–water partition coefficient (Wildman–Crippen LogP) is 5.15. The number of amides is 4. The first kappa shape index (κ1) is 27.7. The topological polar surface area (TPSA) is 95.1 Å². The zero-order valence-corrected chi connectivity index (χ0v) is 24.2. The molecule has 2 aliphatic rings. The number of hydrogen-bond donors (Lipinski definition) is 0. The quantitative estimate of drug-likeness (QED) is 0.295. The van der Waals surface area contributed by atoms with Crippen LogP contribution in [0.2, 0.25) is 0 Å². The number of fused-ring (bicyclic) bond motifs is 1. The van der Waals surface area contributed by atoms with Crippen LogP contribution >= 0.6 is 15.9 Å². The summed E-state index contributed by atoms with van der Waals surface area (Å²) in [7, 11) is -2.06. The molecular formula is C29H25BrFN3O5S. The number of hydrogen-bond acceptors (Lipinski definition) is 5. The molecule has 0 saturated carbocycles. The average molecular weight is 627 g/mol. The Bertz CT molecular complexity index is 1670. The highest BCUT2D eigenvalue weighted by Gasteiger charge is 2.69. The van der Waals surface area contributed by atoms with E-state index < -0.39 is 51.1 Å². The number of barbiturate groups is 1. The van der Waals surface area contributed by atoms with E-state index in [1.165, 1.54) is 38.4 Å². The van der Waals surface area contributed by atoms with E-state index in [0.29, 0.717) is 4.47 Å². The Morgan fingerprint density at radius 1 is 0.925 bits per heavy atom. The number of sulfonamides is 1. The van der Waals surface area contributed by atoms with Crippen LogP contribution in [0.15, 0.2) is 88.8 Å². The SMILES string of the molecule is C=C[C@H]1c2ccc(F)cc2N(S(=O)(=O)c2ccc(C)cc2)[C@@H](c2ccccc2Br)C12C(=O)N(C)C(=O)N(C)C2=O. The standard InChI is InChI=1S/C29H25BrFN3O5S/c1-5-22-20-15-12-18(31)16-24(20)34(40(38,39)19-13-10-17(2)11-14-19)25(21-8-6-7-9-23(21)30)29(22)26(35)32(3)28(37)33(4)27(29)36/h5-16,22,25H,1H2,2-4H3/t22-,25-/m0/s1. The summed E-state index contributed by atoms with van der Waals surface area (Å²) in [5.41, 5.74) is -0.953. The van der Waals surface area contributed by atoms with E-state index in [2.05, 4.69) is 22.5 Å². The van der Waals surface area contributed by atoms with E-state index in [4.69, 9.17) is 0 Å². The Morgan fingerprint density at radius 2 is 1.52 bits per heavy atom. The smallest absolute Gasteiger partial charge is 0.273 e. The molecule has 5 rings (SSSR count). The lowest BCUT2D eigenvalue weighted by atomic mass is 9.60. The Kier molecular flexibility index (Phi) is 6.70. The second kappa shape index (κ2) is 9.67. The summed E-state index contributed by atoms with van der Waals surface area (Å²) in [6.07, 6.45) is 1.38. The van der Waals surface area contributed by atoms with Gasteiger partial charge in [0.05, 0.1) is 16.6 Å². The van der Waals surface area contributed by atoms with Crippen LogP contribution in [0.5, 0.6) is 0 Å². The van der Waals surface area contributed by atoms with Gasteiger partial charge < -0.3 is 0 Å². The minimum Gasteiger partial charge on any atom is -0.273 e. The molecule has 1 spiro atoms. The van der Waals surface area contributed by atoms with Gasteiger partial charge in [-0.2, -0.15) is 0 Å². The minimum absolute atomic E-state index is 0.0420. The number of halogens is 2. The van der Waals surface area contributed by atoms with Crippen LogP contribution < -0.4 is 4.31 Å². The number of allylic oxidation sites excluding steroid dienone is 1. The molecule has 3 aromatic rings. The summed E-state index contributed by atoms with van der Waals surface area (Å²) in [6.45, 7) is 5.70. The zero-order valence-electron chi connectivity index (χ0n) is 21.8. The van der Waals surface area contributed by atoms with Crippen molar-refractivity contribution in [2.24, 2.45) is 5.41 Å². The van der Waals surface area contributed by atoms with Crippen molar-refractivity contribution in [2.75, 3.05) is 18.4 Å². The van der Waals surface area contributed by atoms with E-state index in [1.54, 1.807) is 43.3 Å². The van der Waals surface area contributed by atoms with Crippen LogP contribution in [0, 0.1) is 18.2 Å². The Morgan fingerprint density at radius 3 is 2.10 bits per heavy atom. The van der Waals surface area contributed by atoms with Gasteiger partial charge in [-0.3, -0.25) is 23.7 Å². The molecule has 206 valence electrons. The van der Waals surface area contributed by atoms with Gasteiger partial charge in [0.1, 0.15) is 5.82 Å². The summed E-state index contributed by atoms with van der Waals surface area (Å²) >= 11 is 3.48. The number of benzene rings is 3. The van der Waals surface area contributed by atoms with Crippen molar-refractivity contribution in [3.8, 4) is 0 Å². The zero-order chi connectivity index (χ0) is 29.1. The van der Waals surface area contributed by atoms with Gasteiger partial charge in [-0.1, -0.05) is 64.0 Å². The fraction of sp³-hybridized carbons (Fsp3) is 0.207. The minimum atomic E-state index is -4.54. The van der Waals surface area contributed by atoms with Crippen LogP contribution in [0.25, 0.3) is 0 Å². The van der Waals surface area contributed by atoms with Crippen molar-refractivity contribution in [2.45, 2.75) is 23.8 Å². The molecule has 0 aromatic heterocycles. The highest BCUT2D eigenvalue weighted by Crippen LogP contribution is 2.61. The van der Waals surface area contributed by atoms with Crippen molar-refractivity contribution in [3.63, 3.8) is 0 Å². The van der Waals surface area contributed by atoms with Gasteiger partial charge >= 0.3 is 6.03 Å². The lowest BCUT2D eigenvalue weighted by Crippen LogP contribution is -2.70. The monoisotopic (exact) mass is 625 g/mol. The van der Waals surface area contributed by atoms with Crippen molar-refractivity contribution >= 4 is 49.5 Å². The molecule has 11 heteroatoms. The molecule has 8 nitrogen and oxygen atoms in total. The van der Waals surface area contributed by atoms with Gasteiger partial charge in [0.15, 0.2) is 5.41 Å². The summed E-state index contributed by atoms with van der Waals surface area (Å²) in [5, 5.41) is 0. The molecule has 0 N–H and O–H groups in total. The van der Waals surface area contributed by atoms with Gasteiger partial charge in [0, 0.05) is 24.5 Å². The normalized spacial score (nSPS) is 20.6. The van der Waals surface area contributed by atoms with Crippen molar-refractivity contribution < 1.29 is 27.2 Å². The Labute approximate surface area is 239 Å². The highest BCUT2D eigenvalue weighted by molar-refractivity contribution is 9.10. The van der Waals surface area contributed by atoms with Crippen LogP contribution in [-0.2, 0) is 19.6 Å². The predicted molar refractivity (Wildman–Crippen MR) is 150 cm³/mol. The maximum absolute atomic E-state index is 14.9. The first-order valence-electron chi connectivity index (χ1n) is 12.3. The second-order valence-corrected chi connectivity index (χ2v) is 12.5. The number of imide groups is 2. The maximum atomic E-state index is 14.9. The van der Waals surface area contributed by atoms with Crippen LogP contribution in [-0.4, -0.2) is 50.2 Å². The first-order valence-corrected chi connectivity index (χ1v) is 14.5. The van der Waals surface area contributed by atoms with Crippen LogP contribution in [0.4, 0.5) is 14.9 Å². The third-order valence-electron chi connectivity index (χ3n) is 7.63. The van der Waals surface area contributed by atoms with E-state index in [1.807, 2.05) is 0 Å². The number of rotatable bonds is 4. The average Bonchev–Trinajstić information content (AvgIpc) is 2.93. The van der Waals surface area contributed by atoms with Crippen molar-refractivity contribution in [1.29, 1.82) is 0 Å². The van der Waals surface area contributed by atoms with E-state index in [0.717, 1.165) is 31.8 Å². The largest absolute Gasteiger partial charge is 0.332 e. The number of aryl methyl sites for hydroxylation is 1. The van der Waals surface area contributed by atoms with Gasteiger partial charge in [-0.15, -0.1) is 6.58 Å². The Balaban J connectivity index is 1.98. The molecule has 2 atom stereocenters. The fourth-order valence-corrected chi connectivity index (χ4v) is 7.91. The highest BCUT2D eigenvalue weighted by atomic mass is 79.9. The number of carbonyl (C=O) groups excluding carboxylic acids is 3. The molecule has 3 aromatic carbocycles. The lowest BCUT2D eigenvalue weighted by molar-refractivity contribution is -0.160. The van der Waals surface area contributed by atoms with Crippen LogP contribution in [0.1, 0.15) is 28.7 Å². The molecule has 0 radical (unpaired) electrons. The summed E-state index contributed by atoms with van der Waals surface area (Å²) in [4.78, 5) is 43.1. The third-order valence-corrected chi connectivity index (χ3v) is 10.1. The maximum Gasteiger partial charge on any atom is 0.332 e. The lowest BCUT2D eigenvalue weighted by Gasteiger charge is -2.55. The fourth-order valence-electron chi connectivity index (χ4n) is 5.73. The molecular weight excluding hydrogens is 601 g/mol. The van der Waals surface area contributed by atoms with E-state index in [-0.39, 0.29) is 21.7 Å². The molecule has 0 bridgehead atoms. The molecule has 2 heterocycles. The van der Waals surface area contributed by atoms with E-state index >= 15 is 0 Å². The summed E-state index contributed by atoms with van der Waals surface area (Å²) in [5.74, 6) is -3.63. The van der Waals surface area contributed by atoms with Crippen molar-refractivity contribution in [1.82, 2.24) is 9.80 Å². The van der Waals surface area contributed by atoms with E-state index in [9.17, 15) is 27.2 Å². The molecule has 1 saturated heterocycles. The molecule has 0 aliphatic carbocycles. The van der Waals surface area contributed by atoms with Gasteiger partial charge in [-0.25, -0.2) is 17.6 Å². The molecule has 1 fully saturated rings. The third kappa shape index (κ3) is 3.75. The first-order chi connectivity index (χ1) is 18.9. The number of anilines is 1. The molecule has 0 unspecified atom stereocenters. The van der Waals surface area contributed by atoms with Gasteiger partial charge in [0.2, 0.25) is 11.8 Å². The second-order valence-electron chi connectivity index (χ2n) is 9.83. The van der Waals surface area contributed by atoms with Gasteiger partial charge in [-0.05, 0) is 48.4 Å². The number of urea groups is 1. The summed E-state index contributed by atoms with van der Waals surface area (Å²) < 4.78 is 45.4. The summed E-state index contributed by atoms with van der Waals surface area (Å²) in [6, 6.07) is 13.8. The number of carbonyl (C=O) groups is 3. The molecule has 4 amide bonds. The van der Waals surface area contributed by atoms with Crippen LogP contribution in [0.3, 0.4) is 0 Å². The Hall–Kier alpha value is -3.83.